The van der Waals surface area contributed by atoms with Crippen LogP contribution >= 0.6 is 0 Å². The number of hydrogen-bond acceptors (Lipinski definition) is 1. The third kappa shape index (κ3) is 1.42. The van der Waals surface area contributed by atoms with E-state index in [-0.39, 0.29) is 5.92 Å². The Morgan fingerprint density at radius 1 is 1.31 bits per heavy atom. The summed E-state index contributed by atoms with van der Waals surface area (Å²) in [6.07, 6.45) is 4.55. The maximum Gasteiger partial charge on any atom is 0.143 e. The number of allylic oxidation sites excluding steroid dienone is 1. The molecule has 1 aliphatic carbocycles. The second-order valence-electron chi connectivity index (χ2n) is 3.42. The lowest BCUT2D eigenvalue weighted by atomic mass is 9.93. The van der Waals surface area contributed by atoms with Gasteiger partial charge in [0.25, 0.3) is 0 Å². The van der Waals surface area contributed by atoms with Crippen LogP contribution in [0.2, 0.25) is 0 Å². The summed E-state index contributed by atoms with van der Waals surface area (Å²) in [6, 6.07) is 8.09. The molecule has 1 aromatic rings. The molecule has 0 heterocycles. The zero-order valence-electron chi connectivity index (χ0n) is 7.66. The van der Waals surface area contributed by atoms with Crippen LogP contribution in [0.1, 0.15) is 30.4 Å². The Bertz CT molecular complexity index is 363. The van der Waals surface area contributed by atoms with Crippen LogP contribution in [0.25, 0.3) is 6.08 Å². The van der Waals surface area contributed by atoms with Gasteiger partial charge in [-0.2, -0.15) is 0 Å². The minimum atomic E-state index is 0.0474. The van der Waals surface area contributed by atoms with Crippen molar-refractivity contribution in [3.05, 3.63) is 41.5 Å². The summed E-state index contributed by atoms with van der Waals surface area (Å²) >= 11 is 0. The van der Waals surface area contributed by atoms with Gasteiger partial charge < -0.3 is 0 Å². The number of fused-ring (bicyclic) bond motifs is 1. The van der Waals surface area contributed by atoms with Crippen molar-refractivity contribution >= 4 is 11.9 Å². The van der Waals surface area contributed by atoms with Gasteiger partial charge in [-0.25, -0.2) is 0 Å². The van der Waals surface area contributed by atoms with Gasteiger partial charge in [-0.15, -0.1) is 0 Å². The Kier molecular flexibility index (Phi) is 2.01. The van der Waals surface area contributed by atoms with E-state index in [0.717, 1.165) is 5.56 Å². The highest BCUT2D eigenvalue weighted by atomic mass is 16.1. The minimum absolute atomic E-state index is 0.0474. The average Bonchev–Trinajstić information content (AvgIpc) is 2.29. The Hall–Kier alpha value is -1.37. The average molecular weight is 172 g/mol. The molecule has 0 fully saturated rings. The van der Waals surface area contributed by atoms with Crippen molar-refractivity contribution < 1.29 is 4.79 Å². The van der Waals surface area contributed by atoms with Crippen molar-refractivity contribution in [2.75, 3.05) is 0 Å². The van der Waals surface area contributed by atoms with E-state index in [9.17, 15) is 4.79 Å². The van der Waals surface area contributed by atoms with Crippen molar-refractivity contribution in [3.63, 3.8) is 0 Å². The number of carbonyl (C=O) groups excluding carboxylic acids is 1. The van der Waals surface area contributed by atoms with Gasteiger partial charge in [-0.3, -0.25) is 4.79 Å². The highest BCUT2D eigenvalue weighted by Crippen LogP contribution is 2.25. The first-order valence-corrected chi connectivity index (χ1v) is 4.57. The van der Waals surface area contributed by atoms with Gasteiger partial charge in [0.1, 0.15) is 5.78 Å². The fourth-order valence-corrected chi connectivity index (χ4v) is 1.71. The normalized spacial score (nSPS) is 21.0. The van der Waals surface area contributed by atoms with Crippen LogP contribution in [0.5, 0.6) is 0 Å². The van der Waals surface area contributed by atoms with E-state index >= 15 is 0 Å². The van der Waals surface area contributed by atoms with Crippen molar-refractivity contribution in [2.45, 2.75) is 19.3 Å². The third-order valence-corrected chi connectivity index (χ3v) is 2.56. The summed E-state index contributed by atoms with van der Waals surface area (Å²) in [4.78, 5) is 11.5. The molecule has 1 unspecified atom stereocenters. The smallest absolute Gasteiger partial charge is 0.143 e. The molecule has 0 aromatic heterocycles. The summed E-state index contributed by atoms with van der Waals surface area (Å²) in [5.41, 5.74) is 2.34. The number of rotatable bonds is 0. The molecule has 1 nitrogen and oxygen atoms in total. The number of hydrogen-bond donors (Lipinski definition) is 0. The van der Waals surface area contributed by atoms with Crippen LogP contribution in [0.15, 0.2) is 30.3 Å². The molecule has 1 aliphatic rings. The molecule has 0 saturated carbocycles. The molecule has 2 rings (SSSR count). The lowest BCUT2D eigenvalue weighted by Crippen LogP contribution is -2.07. The molecular formula is C12H12O. The number of Topliss-reactive ketones (excluding diaryl/α,β-unsaturated/α-hetero) is 1. The van der Waals surface area contributed by atoms with Crippen molar-refractivity contribution in [3.8, 4) is 0 Å². The molecule has 0 spiro atoms. The predicted molar refractivity (Wildman–Crippen MR) is 53.5 cm³/mol. The predicted octanol–water partition coefficient (Wildman–Crippen LogP) is 2.78. The standard InChI is InChI=1S/C12H12O/c1-9-11-7-3-2-5-10(11)6-4-8-12(9)13/h2-7,9H,8H2,1H3. The zero-order chi connectivity index (χ0) is 9.26. The molecule has 1 heteroatoms. The number of carbonyl (C=O) groups is 1. The Morgan fingerprint density at radius 2 is 2.08 bits per heavy atom. The van der Waals surface area contributed by atoms with E-state index in [1.165, 1.54) is 5.56 Å². The second-order valence-corrected chi connectivity index (χ2v) is 3.42. The Labute approximate surface area is 78.1 Å². The molecule has 1 aromatic carbocycles. The minimum Gasteiger partial charge on any atom is -0.299 e. The van der Waals surface area contributed by atoms with Gasteiger partial charge >= 0.3 is 0 Å². The zero-order valence-corrected chi connectivity index (χ0v) is 7.66. The van der Waals surface area contributed by atoms with Gasteiger partial charge in [-0.1, -0.05) is 43.3 Å². The second kappa shape index (κ2) is 3.17. The fraction of sp³-hybridized carbons (Fsp3) is 0.250. The highest BCUT2D eigenvalue weighted by Gasteiger charge is 2.17. The van der Waals surface area contributed by atoms with Crippen LogP contribution in [0.4, 0.5) is 0 Å². The molecule has 0 aliphatic heterocycles. The maximum atomic E-state index is 11.5. The molecule has 13 heavy (non-hydrogen) atoms. The third-order valence-electron chi connectivity index (χ3n) is 2.56. The maximum absolute atomic E-state index is 11.5. The van der Waals surface area contributed by atoms with E-state index in [2.05, 4.69) is 6.07 Å². The van der Waals surface area contributed by atoms with Crippen LogP contribution < -0.4 is 0 Å². The van der Waals surface area contributed by atoms with E-state index in [1.807, 2.05) is 37.3 Å². The quantitative estimate of drug-likeness (QED) is 0.588. The van der Waals surface area contributed by atoms with Crippen molar-refractivity contribution in [2.24, 2.45) is 0 Å². The molecule has 66 valence electrons. The van der Waals surface area contributed by atoms with Gasteiger partial charge in [0.15, 0.2) is 0 Å². The molecule has 0 radical (unpaired) electrons. The lowest BCUT2D eigenvalue weighted by molar-refractivity contribution is -0.119. The van der Waals surface area contributed by atoms with Gasteiger partial charge in [0.05, 0.1) is 0 Å². The van der Waals surface area contributed by atoms with Gasteiger partial charge in [0, 0.05) is 12.3 Å². The lowest BCUT2D eigenvalue weighted by Gasteiger charge is -2.09. The van der Waals surface area contributed by atoms with Crippen LogP contribution in [0.3, 0.4) is 0 Å². The number of benzene rings is 1. The van der Waals surface area contributed by atoms with E-state index in [4.69, 9.17) is 0 Å². The van der Waals surface area contributed by atoms with Crippen molar-refractivity contribution in [1.82, 2.24) is 0 Å². The Morgan fingerprint density at radius 3 is 2.92 bits per heavy atom. The van der Waals surface area contributed by atoms with Crippen LogP contribution in [-0.4, -0.2) is 5.78 Å². The van der Waals surface area contributed by atoms with Crippen LogP contribution in [-0.2, 0) is 4.79 Å². The summed E-state index contributed by atoms with van der Waals surface area (Å²) in [7, 11) is 0. The molecule has 0 bridgehead atoms. The topological polar surface area (TPSA) is 17.1 Å². The molecule has 0 N–H and O–H groups in total. The SMILES string of the molecule is CC1C(=O)CC=Cc2ccccc21. The summed E-state index contributed by atoms with van der Waals surface area (Å²) in [6.45, 7) is 1.98. The summed E-state index contributed by atoms with van der Waals surface area (Å²) < 4.78 is 0. The number of ketones is 1. The van der Waals surface area contributed by atoms with Gasteiger partial charge in [-0.05, 0) is 11.1 Å². The summed E-state index contributed by atoms with van der Waals surface area (Å²) in [5, 5.41) is 0. The Balaban J connectivity index is 2.54. The first-order chi connectivity index (χ1) is 6.29. The van der Waals surface area contributed by atoms with Crippen molar-refractivity contribution in [1.29, 1.82) is 0 Å². The molecule has 0 amide bonds. The summed E-state index contributed by atoms with van der Waals surface area (Å²) in [5.74, 6) is 0.354. The molecule has 0 saturated heterocycles. The highest BCUT2D eigenvalue weighted by molar-refractivity contribution is 5.89. The van der Waals surface area contributed by atoms with E-state index in [1.54, 1.807) is 0 Å². The largest absolute Gasteiger partial charge is 0.299 e. The molecule has 1 atom stereocenters. The van der Waals surface area contributed by atoms with Gasteiger partial charge in [0.2, 0.25) is 0 Å². The molecular weight excluding hydrogens is 160 g/mol. The first-order valence-electron chi connectivity index (χ1n) is 4.57. The van der Waals surface area contributed by atoms with E-state index < -0.39 is 0 Å². The first kappa shape index (κ1) is 8.24. The van der Waals surface area contributed by atoms with E-state index in [0.29, 0.717) is 12.2 Å². The fourth-order valence-electron chi connectivity index (χ4n) is 1.71. The van der Waals surface area contributed by atoms with Crippen LogP contribution in [0, 0.1) is 0 Å². The monoisotopic (exact) mass is 172 g/mol.